The number of thioether (sulfide) groups is 1. The SMILES string of the molecule is CSc1ncc(Cl)c(C(=O)N2CCc3cnc(N4CCN(C5CCC5)CC4)nc3CC2)n1. The van der Waals surface area contributed by atoms with Crippen LogP contribution in [0.15, 0.2) is 17.6 Å². The normalized spacial score (nSPS) is 19.9. The number of piperazine rings is 1. The van der Waals surface area contributed by atoms with E-state index in [-0.39, 0.29) is 16.6 Å². The molecule has 2 aromatic rings. The van der Waals surface area contributed by atoms with Gasteiger partial charge in [-0.1, -0.05) is 29.8 Å². The highest BCUT2D eigenvalue weighted by Gasteiger charge is 2.29. The monoisotopic (exact) mass is 473 g/mol. The number of nitrogens with zero attached hydrogens (tertiary/aromatic N) is 7. The quantitative estimate of drug-likeness (QED) is 0.495. The third kappa shape index (κ3) is 4.43. The molecule has 0 unspecified atom stereocenters. The maximum Gasteiger partial charge on any atom is 0.274 e. The standard InChI is InChI=1S/C22H28ClN7OS/c1-32-22-25-14-17(23)19(27-22)20(31)29-7-5-15-13-24-21(26-18(15)6-8-29)30-11-9-28(10-12-30)16-3-2-4-16/h13-14,16H,2-12H2,1H3. The molecule has 5 rings (SSSR count). The fourth-order valence-electron chi connectivity index (χ4n) is 4.61. The molecule has 1 saturated heterocycles. The molecule has 0 aromatic carbocycles. The van der Waals surface area contributed by atoms with Crippen LogP contribution in [-0.2, 0) is 12.8 Å². The lowest BCUT2D eigenvalue weighted by Gasteiger charge is -2.43. The van der Waals surface area contributed by atoms with Gasteiger partial charge in [0.2, 0.25) is 5.95 Å². The summed E-state index contributed by atoms with van der Waals surface area (Å²) in [6.07, 6.45) is 10.8. The van der Waals surface area contributed by atoms with Crippen molar-refractivity contribution in [2.45, 2.75) is 43.3 Å². The van der Waals surface area contributed by atoms with Crippen molar-refractivity contribution in [1.82, 2.24) is 29.7 Å². The number of carbonyl (C=O) groups excluding carboxylic acids is 1. The van der Waals surface area contributed by atoms with Crippen molar-refractivity contribution < 1.29 is 4.79 Å². The minimum atomic E-state index is -0.152. The summed E-state index contributed by atoms with van der Waals surface area (Å²) in [6.45, 7) is 5.32. The minimum Gasteiger partial charge on any atom is -0.338 e. The van der Waals surface area contributed by atoms with E-state index in [4.69, 9.17) is 16.6 Å². The Kier molecular flexibility index (Phi) is 6.48. The number of hydrogen-bond donors (Lipinski definition) is 0. The van der Waals surface area contributed by atoms with Gasteiger partial charge in [-0.3, -0.25) is 9.69 Å². The van der Waals surface area contributed by atoms with Crippen LogP contribution in [0.2, 0.25) is 5.02 Å². The van der Waals surface area contributed by atoms with Crippen molar-refractivity contribution in [3.63, 3.8) is 0 Å². The Morgan fingerprint density at radius 3 is 2.53 bits per heavy atom. The Morgan fingerprint density at radius 1 is 1.03 bits per heavy atom. The number of amides is 1. The van der Waals surface area contributed by atoms with Crippen LogP contribution in [0.25, 0.3) is 0 Å². The number of aromatic nitrogens is 4. The molecule has 0 atom stereocenters. The van der Waals surface area contributed by atoms with E-state index >= 15 is 0 Å². The molecule has 0 bridgehead atoms. The van der Waals surface area contributed by atoms with Crippen molar-refractivity contribution in [1.29, 1.82) is 0 Å². The zero-order valence-electron chi connectivity index (χ0n) is 18.3. The molecular weight excluding hydrogens is 446 g/mol. The van der Waals surface area contributed by atoms with Gasteiger partial charge >= 0.3 is 0 Å². The second-order valence-electron chi connectivity index (χ2n) is 8.60. The Hall–Kier alpha value is -1.97. The van der Waals surface area contributed by atoms with Gasteiger partial charge in [-0.05, 0) is 31.1 Å². The fraction of sp³-hybridized carbons (Fsp3) is 0.591. The Bertz CT molecular complexity index is 994. The van der Waals surface area contributed by atoms with Gasteiger partial charge in [-0.25, -0.2) is 19.9 Å². The average Bonchev–Trinajstić information content (AvgIpc) is 3.00. The number of carbonyl (C=O) groups is 1. The molecule has 170 valence electrons. The van der Waals surface area contributed by atoms with Crippen molar-refractivity contribution >= 4 is 35.2 Å². The number of hydrogen-bond acceptors (Lipinski definition) is 8. The summed E-state index contributed by atoms with van der Waals surface area (Å²) < 4.78 is 0. The van der Waals surface area contributed by atoms with E-state index in [1.54, 1.807) is 0 Å². The number of halogens is 1. The van der Waals surface area contributed by atoms with Crippen LogP contribution >= 0.6 is 23.4 Å². The first-order valence-electron chi connectivity index (χ1n) is 11.3. The first kappa shape index (κ1) is 21.9. The highest BCUT2D eigenvalue weighted by Crippen LogP contribution is 2.27. The number of fused-ring (bicyclic) bond motifs is 1. The predicted molar refractivity (Wildman–Crippen MR) is 126 cm³/mol. The molecule has 8 nitrogen and oxygen atoms in total. The maximum atomic E-state index is 13.1. The smallest absolute Gasteiger partial charge is 0.274 e. The summed E-state index contributed by atoms with van der Waals surface area (Å²) in [6, 6.07) is 0.795. The van der Waals surface area contributed by atoms with E-state index in [1.165, 1.54) is 37.2 Å². The minimum absolute atomic E-state index is 0.152. The van der Waals surface area contributed by atoms with Crippen molar-refractivity contribution in [2.24, 2.45) is 0 Å². The molecule has 2 aromatic heterocycles. The second kappa shape index (κ2) is 9.49. The summed E-state index contributed by atoms with van der Waals surface area (Å²) >= 11 is 7.63. The van der Waals surface area contributed by atoms with E-state index < -0.39 is 0 Å². The zero-order chi connectivity index (χ0) is 22.1. The van der Waals surface area contributed by atoms with Crippen LogP contribution in [0.3, 0.4) is 0 Å². The average molecular weight is 474 g/mol. The summed E-state index contributed by atoms with van der Waals surface area (Å²) in [5, 5.41) is 0.835. The molecule has 3 aliphatic rings. The van der Waals surface area contributed by atoms with E-state index in [9.17, 15) is 4.79 Å². The van der Waals surface area contributed by atoms with Crippen LogP contribution in [0.5, 0.6) is 0 Å². The molecule has 2 aliphatic heterocycles. The van der Waals surface area contributed by atoms with Crippen LogP contribution in [0, 0.1) is 0 Å². The van der Waals surface area contributed by atoms with Gasteiger partial charge in [0.05, 0.1) is 16.9 Å². The third-order valence-corrected chi connectivity index (χ3v) is 7.63. The van der Waals surface area contributed by atoms with E-state index in [1.807, 2.05) is 17.4 Å². The van der Waals surface area contributed by atoms with Crippen LogP contribution in [0.1, 0.15) is 41.0 Å². The second-order valence-corrected chi connectivity index (χ2v) is 9.78. The van der Waals surface area contributed by atoms with Crippen LogP contribution < -0.4 is 4.90 Å². The Labute approximate surface area is 197 Å². The summed E-state index contributed by atoms with van der Waals surface area (Å²) in [7, 11) is 0. The third-order valence-electron chi connectivity index (χ3n) is 6.79. The van der Waals surface area contributed by atoms with Gasteiger partial charge in [-0.2, -0.15) is 0 Å². The lowest BCUT2D eigenvalue weighted by Crippen LogP contribution is -2.52. The predicted octanol–water partition coefficient (Wildman–Crippen LogP) is 2.56. The van der Waals surface area contributed by atoms with Gasteiger partial charge in [0.1, 0.15) is 0 Å². The Balaban J connectivity index is 1.25. The van der Waals surface area contributed by atoms with Crippen LogP contribution in [-0.4, -0.2) is 87.2 Å². The molecule has 0 spiro atoms. The lowest BCUT2D eigenvalue weighted by atomic mass is 9.91. The zero-order valence-corrected chi connectivity index (χ0v) is 19.9. The Morgan fingerprint density at radius 2 is 1.81 bits per heavy atom. The summed E-state index contributed by atoms with van der Waals surface area (Å²) in [5.74, 6) is 0.668. The molecule has 1 amide bonds. The maximum absolute atomic E-state index is 13.1. The molecule has 1 aliphatic carbocycles. The van der Waals surface area contributed by atoms with E-state index in [2.05, 4.69) is 24.8 Å². The van der Waals surface area contributed by atoms with Crippen molar-refractivity contribution in [3.8, 4) is 0 Å². The topological polar surface area (TPSA) is 78.4 Å². The molecule has 1 saturated carbocycles. The van der Waals surface area contributed by atoms with Gasteiger partial charge in [0, 0.05) is 57.9 Å². The first-order valence-corrected chi connectivity index (χ1v) is 12.9. The molecule has 32 heavy (non-hydrogen) atoms. The lowest BCUT2D eigenvalue weighted by molar-refractivity contribution is 0.0756. The number of anilines is 1. The molecule has 2 fully saturated rings. The first-order chi connectivity index (χ1) is 15.6. The molecule has 10 heteroatoms. The van der Waals surface area contributed by atoms with Gasteiger partial charge < -0.3 is 9.80 Å². The molecule has 0 N–H and O–H groups in total. The summed E-state index contributed by atoms with van der Waals surface area (Å²) in [5.41, 5.74) is 2.44. The van der Waals surface area contributed by atoms with Crippen molar-refractivity contribution in [3.05, 3.63) is 34.4 Å². The number of rotatable bonds is 4. The van der Waals surface area contributed by atoms with E-state index in [0.29, 0.717) is 24.7 Å². The fourth-order valence-corrected chi connectivity index (χ4v) is 5.12. The highest BCUT2D eigenvalue weighted by molar-refractivity contribution is 7.98. The van der Waals surface area contributed by atoms with Crippen molar-refractivity contribution in [2.75, 3.05) is 50.4 Å². The van der Waals surface area contributed by atoms with Gasteiger partial charge in [0.15, 0.2) is 10.9 Å². The van der Waals surface area contributed by atoms with Gasteiger partial charge in [0.25, 0.3) is 5.91 Å². The molecular formula is C22H28ClN7OS. The van der Waals surface area contributed by atoms with Crippen LogP contribution in [0.4, 0.5) is 5.95 Å². The molecule has 4 heterocycles. The largest absolute Gasteiger partial charge is 0.338 e. The highest BCUT2D eigenvalue weighted by atomic mass is 35.5. The van der Waals surface area contributed by atoms with Gasteiger partial charge in [-0.15, -0.1) is 0 Å². The molecule has 0 radical (unpaired) electrons. The van der Waals surface area contributed by atoms with E-state index in [0.717, 1.165) is 55.8 Å². The summed E-state index contributed by atoms with van der Waals surface area (Å²) in [4.78, 5) is 37.9.